The maximum atomic E-state index is 12.8. The van der Waals surface area contributed by atoms with Crippen molar-refractivity contribution in [2.45, 2.75) is 6.42 Å². The number of piperazine rings is 1. The van der Waals surface area contributed by atoms with Crippen LogP contribution in [0.25, 0.3) is 0 Å². The summed E-state index contributed by atoms with van der Waals surface area (Å²) in [6, 6.07) is 12.8. The quantitative estimate of drug-likeness (QED) is 0.561. The molecule has 0 unspecified atom stereocenters. The van der Waals surface area contributed by atoms with Crippen molar-refractivity contribution in [3.63, 3.8) is 0 Å². The molecule has 0 radical (unpaired) electrons. The number of ether oxygens (including phenoxy) is 1. The molecule has 2 heterocycles. The van der Waals surface area contributed by atoms with Gasteiger partial charge in [0, 0.05) is 59.7 Å². The fourth-order valence-corrected chi connectivity index (χ4v) is 4.63. The predicted octanol–water partition coefficient (Wildman–Crippen LogP) is 4.41. The van der Waals surface area contributed by atoms with Gasteiger partial charge < -0.3 is 14.5 Å². The third-order valence-corrected chi connectivity index (χ3v) is 6.15. The van der Waals surface area contributed by atoms with Crippen molar-refractivity contribution in [3.8, 4) is 5.75 Å². The van der Waals surface area contributed by atoms with Crippen molar-refractivity contribution in [1.29, 1.82) is 0 Å². The van der Waals surface area contributed by atoms with Crippen molar-refractivity contribution >= 4 is 45.8 Å². The van der Waals surface area contributed by atoms with Crippen molar-refractivity contribution in [2.75, 3.05) is 38.2 Å². The van der Waals surface area contributed by atoms with Gasteiger partial charge in [0.25, 0.3) is 5.91 Å². The minimum atomic E-state index is -0.0602. The van der Waals surface area contributed by atoms with Gasteiger partial charge in [0.15, 0.2) is 0 Å². The number of amides is 1. The van der Waals surface area contributed by atoms with Crippen LogP contribution in [0.15, 0.2) is 42.5 Å². The molecule has 0 N–H and O–H groups in total. The van der Waals surface area contributed by atoms with E-state index in [0.29, 0.717) is 48.2 Å². The van der Waals surface area contributed by atoms with E-state index in [-0.39, 0.29) is 5.91 Å². The van der Waals surface area contributed by atoms with Crippen LogP contribution in [0.3, 0.4) is 0 Å². The van der Waals surface area contributed by atoms with Crippen LogP contribution in [0.2, 0.25) is 10.0 Å². The van der Waals surface area contributed by atoms with Gasteiger partial charge in [-0.25, -0.2) is 4.98 Å². The Labute approximate surface area is 189 Å². The number of rotatable bonds is 5. The highest BCUT2D eigenvalue weighted by Crippen LogP contribution is 2.24. The zero-order valence-electron chi connectivity index (χ0n) is 16.3. The number of anilines is 1. The zero-order valence-corrected chi connectivity index (χ0v) is 18.7. The van der Waals surface area contributed by atoms with Crippen LogP contribution in [0, 0.1) is 0 Å². The molecule has 2 aromatic carbocycles. The van der Waals surface area contributed by atoms with Crippen LogP contribution in [-0.2, 0) is 6.42 Å². The number of methoxy groups -OCH3 is 1. The Bertz CT molecular complexity index is 1030. The van der Waals surface area contributed by atoms with E-state index in [1.165, 1.54) is 11.5 Å². The number of halogens is 2. The van der Waals surface area contributed by atoms with Crippen molar-refractivity contribution in [1.82, 2.24) is 14.3 Å². The fraction of sp³-hybridized carbons (Fsp3) is 0.286. The zero-order chi connectivity index (χ0) is 21.1. The molecule has 0 atom stereocenters. The summed E-state index contributed by atoms with van der Waals surface area (Å²) in [4.78, 5) is 21.4. The Morgan fingerprint density at radius 1 is 1.10 bits per heavy atom. The van der Waals surface area contributed by atoms with Crippen molar-refractivity contribution < 1.29 is 9.53 Å². The summed E-state index contributed by atoms with van der Waals surface area (Å²) in [5.41, 5.74) is 1.62. The smallest absolute Gasteiger partial charge is 0.254 e. The molecule has 1 saturated heterocycles. The Kier molecular flexibility index (Phi) is 6.41. The van der Waals surface area contributed by atoms with Gasteiger partial charge in [-0.3, -0.25) is 4.79 Å². The lowest BCUT2D eigenvalue weighted by atomic mass is 10.1. The van der Waals surface area contributed by atoms with Crippen LogP contribution < -0.4 is 9.64 Å². The fourth-order valence-electron chi connectivity index (χ4n) is 3.37. The lowest BCUT2D eigenvalue weighted by molar-refractivity contribution is 0.0746. The number of aromatic nitrogens is 2. The molecule has 1 aromatic heterocycles. The van der Waals surface area contributed by atoms with Gasteiger partial charge in [-0.2, -0.15) is 4.37 Å². The van der Waals surface area contributed by atoms with Crippen LogP contribution in [-0.4, -0.2) is 53.5 Å². The molecule has 30 heavy (non-hydrogen) atoms. The highest BCUT2D eigenvalue weighted by molar-refractivity contribution is 7.09. The number of carbonyl (C=O) groups excluding carboxylic acids is 1. The third-order valence-electron chi connectivity index (χ3n) is 4.90. The van der Waals surface area contributed by atoms with E-state index < -0.39 is 0 Å². The molecular formula is C21H20Cl2N4O2S. The first-order valence-corrected chi connectivity index (χ1v) is 11.0. The van der Waals surface area contributed by atoms with E-state index in [9.17, 15) is 4.79 Å². The van der Waals surface area contributed by atoms with Gasteiger partial charge in [-0.1, -0.05) is 35.3 Å². The molecule has 1 fully saturated rings. The molecule has 156 valence electrons. The van der Waals surface area contributed by atoms with Gasteiger partial charge in [0.2, 0.25) is 5.13 Å². The van der Waals surface area contributed by atoms with Crippen LogP contribution >= 0.6 is 34.7 Å². The highest BCUT2D eigenvalue weighted by atomic mass is 35.5. The number of nitrogens with zero attached hydrogens (tertiary/aromatic N) is 4. The normalized spacial score (nSPS) is 14.1. The van der Waals surface area contributed by atoms with Gasteiger partial charge in [-0.15, -0.1) is 0 Å². The van der Waals surface area contributed by atoms with E-state index in [1.54, 1.807) is 25.3 Å². The SMILES string of the molecule is COc1cccc(Cc2nsc(N3CCN(C(=O)c4cc(Cl)cc(Cl)c4)CC3)n2)c1. The van der Waals surface area contributed by atoms with Crippen LogP contribution in [0.1, 0.15) is 21.7 Å². The number of carbonyl (C=O) groups is 1. The molecule has 9 heteroatoms. The van der Waals surface area contributed by atoms with E-state index in [1.807, 2.05) is 29.2 Å². The molecule has 1 aliphatic rings. The first-order chi connectivity index (χ1) is 14.5. The Balaban J connectivity index is 1.37. The summed E-state index contributed by atoms with van der Waals surface area (Å²) in [6.07, 6.45) is 0.654. The lowest BCUT2D eigenvalue weighted by Crippen LogP contribution is -2.48. The minimum Gasteiger partial charge on any atom is -0.497 e. The maximum absolute atomic E-state index is 12.8. The Morgan fingerprint density at radius 3 is 2.53 bits per heavy atom. The number of hydrogen-bond acceptors (Lipinski definition) is 6. The highest BCUT2D eigenvalue weighted by Gasteiger charge is 2.24. The van der Waals surface area contributed by atoms with E-state index in [4.69, 9.17) is 32.9 Å². The van der Waals surface area contributed by atoms with E-state index in [0.717, 1.165) is 22.3 Å². The van der Waals surface area contributed by atoms with Crippen molar-refractivity contribution in [2.24, 2.45) is 0 Å². The Morgan fingerprint density at radius 2 is 1.83 bits per heavy atom. The molecule has 0 bridgehead atoms. The topological polar surface area (TPSA) is 58.6 Å². The molecule has 0 saturated carbocycles. The predicted molar refractivity (Wildman–Crippen MR) is 120 cm³/mol. The third kappa shape index (κ3) is 4.86. The second-order valence-electron chi connectivity index (χ2n) is 6.96. The van der Waals surface area contributed by atoms with Gasteiger partial charge in [0.1, 0.15) is 11.6 Å². The summed E-state index contributed by atoms with van der Waals surface area (Å²) in [5.74, 6) is 1.55. The monoisotopic (exact) mass is 462 g/mol. The number of hydrogen-bond donors (Lipinski definition) is 0. The minimum absolute atomic E-state index is 0.0602. The van der Waals surface area contributed by atoms with Gasteiger partial charge >= 0.3 is 0 Å². The van der Waals surface area contributed by atoms with Gasteiger partial charge in [0.05, 0.1) is 7.11 Å². The molecule has 3 aromatic rings. The first kappa shape index (κ1) is 20.9. The average molecular weight is 463 g/mol. The largest absolute Gasteiger partial charge is 0.497 e. The molecule has 1 aliphatic heterocycles. The molecular weight excluding hydrogens is 443 g/mol. The summed E-state index contributed by atoms with van der Waals surface area (Å²) in [5, 5.41) is 1.80. The average Bonchev–Trinajstić information content (AvgIpc) is 3.21. The first-order valence-electron chi connectivity index (χ1n) is 9.47. The van der Waals surface area contributed by atoms with Crippen LogP contribution in [0.4, 0.5) is 5.13 Å². The molecule has 0 aliphatic carbocycles. The second kappa shape index (κ2) is 9.20. The van der Waals surface area contributed by atoms with Crippen LogP contribution in [0.5, 0.6) is 5.75 Å². The standard InChI is InChI=1S/C21H20Cl2N4O2S/c1-29-18-4-2-3-14(9-18)10-19-24-21(30-25-19)27-7-5-26(6-8-27)20(28)15-11-16(22)13-17(23)12-15/h2-4,9,11-13H,5-8,10H2,1H3. The summed E-state index contributed by atoms with van der Waals surface area (Å²) in [6.45, 7) is 2.61. The lowest BCUT2D eigenvalue weighted by Gasteiger charge is -2.34. The van der Waals surface area contributed by atoms with Gasteiger partial charge in [-0.05, 0) is 35.9 Å². The molecule has 1 amide bonds. The molecule has 6 nitrogen and oxygen atoms in total. The number of benzene rings is 2. The Hall–Kier alpha value is -2.35. The summed E-state index contributed by atoms with van der Waals surface area (Å²) < 4.78 is 9.78. The van der Waals surface area contributed by atoms with E-state index >= 15 is 0 Å². The van der Waals surface area contributed by atoms with Crippen molar-refractivity contribution in [3.05, 3.63) is 69.5 Å². The maximum Gasteiger partial charge on any atom is 0.254 e. The molecule has 4 rings (SSSR count). The second-order valence-corrected chi connectivity index (χ2v) is 8.56. The summed E-state index contributed by atoms with van der Waals surface area (Å²) >= 11 is 13.4. The summed E-state index contributed by atoms with van der Waals surface area (Å²) in [7, 11) is 1.66. The van der Waals surface area contributed by atoms with E-state index in [2.05, 4.69) is 9.27 Å². The molecule has 0 spiro atoms.